The number of rotatable bonds is 8. The molecule has 2 aliphatic heterocycles. The number of ether oxygens (including phenoxy) is 1. The highest BCUT2D eigenvalue weighted by Gasteiger charge is 2.11. The standard InChI is InChI=1S/C17H27N5OS.ClH/c18-17-20-22(14-24-17)19-8-5-11-23-16-7-4-6-15(12-16)13-21-9-2-1-3-10-21;/h4,6-7,12,19H,1-3,5,8-11,13-14H2,(H2,18,20);1H. The van der Waals surface area contributed by atoms with Crippen LogP contribution in [0.1, 0.15) is 31.2 Å². The lowest BCUT2D eigenvalue weighted by atomic mass is 10.1. The summed E-state index contributed by atoms with van der Waals surface area (Å²) in [7, 11) is 0. The van der Waals surface area contributed by atoms with E-state index in [1.54, 1.807) is 5.12 Å². The van der Waals surface area contributed by atoms with Gasteiger partial charge >= 0.3 is 0 Å². The van der Waals surface area contributed by atoms with Gasteiger partial charge in [-0.25, -0.2) is 10.5 Å². The summed E-state index contributed by atoms with van der Waals surface area (Å²) in [4.78, 5) is 2.53. The van der Waals surface area contributed by atoms with Crippen molar-refractivity contribution in [1.82, 2.24) is 15.4 Å². The number of benzene rings is 1. The molecule has 6 nitrogen and oxygen atoms in total. The van der Waals surface area contributed by atoms with Crippen LogP contribution in [0.2, 0.25) is 0 Å². The lowest BCUT2D eigenvalue weighted by Gasteiger charge is -2.26. The van der Waals surface area contributed by atoms with E-state index >= 15 is 0 Å². The van der Waals surface area contributed by atoms with Gasteiger partial charge in [-0.15, -0.1) is 17.5 Å². The number of piperidine rings is 1. The number of amidine groups is 1. The third-order valence-electron chi connectivity index (χ3n) is 4.19. The van der Waals surface area contributed by atoms with Gasteiger partial charge in [-0.2, -0.15) is 0 Å². The molecule has 0 aromatic heterocycles. The molecule has 2 heterocycles. The van der Waals surface area contributed by atoms with Crippen LogP contribution in [0.5, 0.6) is 5.75 Å². The Morgan fingerprint density at radius 1 is 1.24 bits per heavy atom. The molecule has 140 valence electrons. The van der Waals surface area contributed by atoms with Crippen molar-refractivity contribution in [2.24, 2.45) is 10.8 Å². The van der Waals surface area contributed by atoms with Gasteiger partial charge in [-0.3, -0.25) is 4.90 Å². The SMILES string of the molecule is Cl.NC1=NN(NCCCOc2cccc(CN3CCCCC3)c2)CS1. The Balaban J connectivity index is 0.00000225. The summed E-state index contributed by atoms with van der Waals surface area (Å²) in [5.41, 5.74) is 10.2. The largest absolute Gasteiger partial charge is 0.494 e. The smallest absolute Gasteiger partial charge is 0.181 e. The number of hydrazine groups is 1. The number of nitrogens with zero attached hydrogens (tertiary/aromatic N) is 3. The Morgan fingerprint density at radius 2 is 2.08 bits per heavy atom. The molecule has 1 aromatic rings. The van der Waals surface area contributed by atoms with Gasteiger partial charge in [0.15, 0.2) is 5.17 Å². The first-order valence-corrected chi connectivity index (χ1v) is 9.70. The second-order valence-electron chi connectivity index (χ2n) is 6.21. The van der Waals surface area contributed by atoms with Crippen LogP contribution in [0.15, 0.2) is 29.4 Å². The van der Waals surface area contributed by atoms with Gasteiger partial charge in [0.1, 0.15) is 11.6 Å². The average Bonchev–Trinajstić information content (AvgIpc) is 3.01. The topological polar surface area (TPSA) is 66.1 Å². The van der Waals surface area contributed by atoms with Gasteiger partial charge in [0, 0.05) is 13.1 Å². The third kappa shape index (κ3) is 6.93. The third-order valence-corrected chi connectivity index (χ3v) is 4.94. The first kappa shape index (κ1) is 20.2. The van der Waals surface area contributed by atoms with Gasteiger partial charge in [-0.05, 0) is 50.0 Å². The van der Waals surface area contributed by atoms with Crippen molar-refractivity contribution in [2.45, 2.75) is 32.2 Å². The highest BCUT2D eigenvalue weighted by molar-refractivity contribution is 8.13. The number of hydrogen-bond acceptors (Lipinski definition) is 7. The predicted molar refractivity (Wildman–Crippen MR) is 107 cm³/mol. The number of hydrogen-bond donors (Lipinski definition) is 2. The number of nitrogens with one attached hydrogen (secondary N) is 1. The zero-order chi connectivity index (χ0) is 16.6. The summed E-state index contributed by atoms with van der Waals surface area (Å²) < 4.78 is 5.88. The summed E-state index contributed by atoms with van der Waals surface area (Å²) in [5, 5.41) is 6.54. The van der Waals surface area contributed by atoms with E-state index in [0.29, 0.717) is 11.8 Å². The predicted octanol–water partition coefficient (Wildman–Crippen LogP) is 2.60. The second kappa shape index (κ2) is 10.8. The van der Waals surface area contributed by atoms with Crippen LogP contribution >= 0.6 is 24.2 Å². The van der Waals surface area contributed by atoms with Crippen molar-refractivity contribution >= 4 is 29.3 Å². The monoisotopic (exact) mass is 385 g/mol. The molecule has 0 atom stereocenters. The highest BCUT2D eigenvalue weighted by Crippen LogP contribution is 2.17. The molecule has 2 aliphatic rings. The van der Waals surface area contributed by atoms with Gasteiger partial charge in [0.25, 0.3) is 0 Å². The zero-order valence-electron chi connectivity index (χ0n) is 14.5. The Bertz CT molecular complexity index is 554. The molecule has 0 saturated carbocycles. The van der Waals surface area contributed by atoms with E-state index in [-0.39, 0.29) is 12.4 Å². The summed E-state index contributed by atoms with van der Waals surface area (Å²) in [5.74, 6) is 1.73. The van der Waals surface area contributed by atoms with Crippen molar-refractivity contribution in [3.05, 3.63) is 29.8 Å². The zero-order valence-corrected chi connectivity index (χ0v) is 16.2. The van der Waals surface area contributed by atoms with E-state index in [4.69, 9.17) is 10.5 Å². The Hall–Kier alpha value is -1.15. The van der Waals surface area contributed by atoms with Crippen molar-refractivity contribution in [1.29, 1.82) is 0 Å². The Morgan fingerprint density at radius 3 is 2.84 bits per heavy atom. The number of nitrogens with two attached hydrogens (primary N) is 1. The molecule has 0 aliphatic carbocycles. The van der Waals surface area contributed by atoms with Gasteiger partial charge in [-0.1, -0.05) is 30.3 Å². The van der Waals surface area contributed by atoms with Crippen LogP contribution in [0.25, 0.3) is 0 Å². The molecule has 3 N–H and O–H groups in total. The molecule has 1 saturated heterocycles. The number of halogens is 1. The van der Waals surface area contributed by atoms with Gasteiger partial charge in [0.2, 0.25) is 0 Å². The Labute approximate surface area is 160 Å². The molecule has 0 unspecified atom stereocenters. The fourth-order valence-electron chi connectivity index (χ4n) is 2.96. The maximum Gasteiger partial charge on any atom is 0.181 e. The van der Waals surface area contributed by atoms with Crippen molar-refractivity contribution in [3.63, 3.8) is 0 Å². The number of hydrazone groups is 1. The minimum atomic E-state index is 0. The maximum atomic E-state index is 5.88. The summed E-state index contributed by atoms with van der Waals surface area (Å²) in [6, 6.07) is 8.49. The summed E-state index contributed by atoms with van der Waals surface area (Å²) in [6.45, 7) is 4.99. The second-order valence-corrected chi connectivity index (χ2v) is 7.17. The molecule has 1 fully saturated rings. The van der Waals surface area contributed by atoms with E-state index < -0.39 is 0 Å². The first-order chi connectivity index (χ1) is 11.8. The van der Waals surface area contributed by atoms with E-state index in [1.807, 2.05) is 6.07 Å². The van der Waals surface area contributed by atoms with Crippen LogP contribution in [0.3, 0.4) is 0 Å². The fourth-order valence-corrected chi connectivity index (χ4v) is 3.52. The minimum absolute atomic E-state index is 0. The van der Waals surface area contributed by atoms with E-state index in [9.17, 15) is 0 Å². The van der Waals surface area contributed by atoms with Crippen molar-refractivity contribution in [2.75, 3.05) is 32.1 Å². The number of likely N-dealkylation sites (tertiary alicyclic amines) is 1. The van der Waals surface area contributed by atoms with Crippen LogP contribution in [0, 0.1) is 0 Å². The molecule has 8 heteroatoms. The quantitative estimate of drug-likeness (QED) is 0.670. The lowest BCUT2D eigenvalue weighted by Crippen LogP contribution is -2.32. The summed E-state index contributed by atoms with van der Waals surface area (Å²) >= 11 is 1.54. The minimum Gasteiger partial charge on any atom is -0.494 e. The van der Waals surface area contributed by atoms with E-state index in [0.717, 1.165) is 31.1 Å². The van der Waals surface area contributed by atoms with Gasteiger partial charge in [0.05, 0.1) is 6.61 Å². The maximum absolute atomic E-state index is 5.88. The molecular formula is C17H28ClN5OS. The normalized spacial score (nSPS) is 17.9. The van der Waals surface area contributed by atoms with E-state index in [2.05, 4.69) is 33.6 Å². The summed E-state index contributed by atoms with van der Waals surface area (Å²) in [6.07, 6.45) is 4.96. The molecule has 25 heavy (non-hydrogen) atoms. The van der Waals surface area contributed by atoms with Crippen molar-refractivity contribution < 1.29 is 4.74 Å². The average molecular weight is 386 g/mol. The van der Waals surface area contributed by atoms with Crippen molar-refractivity contribution in [3.8, 4) is 5.75 Å². The molecular weight excluding hydrogens is 358 g/mol. The van der Waals surface area contributed by atoms with Crippen LogP contribution < -0.4 is 15.9 Å². The Kier molecular flexibility index (Phi) is 8.67. The molecule has 0 spiro atoms. The van der Waals surface area contributed by atoms with Gasteiger partial charge < -0.3 is 10.5 Å². The number of thioether (sulfide) groups is 1. The highest BCUT2D eigenvalue weighted by atomic mass is 35.5. The molecule has 1 aromatic carbocycles. The molecule has 0 amide bonds. The van der Waals surface area contributed by atoms with E-state index in [1.165, 1.54) is 49.7 Å². The van der Waals surface area contributed by atoms with Crippen LogP contribution in [-0.2, 0) is 6.54 Å². The molecule has 3 rings (SSSR count). The fraction of sp³-hybridized carbons (Fsp3) is 0.588. The molecule has 0 radical (unpaired) electrons. The lowest BCUT2D eigenvalue weighted by molar-refractivity contribution is 0.219. The van der Waals surface area contributed by atoms with Crippen LogP contribution in [0.4, 0.5) is 0 Å². The molecule has 0 bridgehead atoms. The van der Waals surface area contributed by atoms with Crippen LogP contribution in [-0.4, -0.2) is 47.3 Å². The first-order valence-electron chi connectivity index (χ1n) is 8.71.